The smallest absolute Gasteiger partial charge is 0.409 e. The summed E-state index contributed by atoms with van der Waals surface area (Å²) in [6.07, 6.45) is 1.21. The third-order valence-electron chi connectivity index (χ3n) is 5.91. The minimum atomic E-state index is -0.561. The molecule has 0 aliphatic carbocycles. The van der Waals surface area contributed by atoms with Gasteiger partial charge in [-0.2, -0.15) is 0 Å². The standard InChI is InChI=1S/C26H27F2N3O4/c1-3-14-35-24-7-5-6-22-20(24)16-23(31(22)17-18-15-19(27)8-9-21(18)28)25(32)29-10-12-30(13-11-29)26(33)34-4-2/h3,5-9,15-16H,1,4,10-14,17H2,2H3. The van der Waals surface area contributed by atoms with Crippen LogP contribution >= 0.6 is 0 Å². The number of hydrogen-bond acceptors (Lipinski definition) is 4. The highest BCUT2D eigenvalue weighted by Crippen LogP contribution is 2.31. The lowest BCUT2D eigenvalue weighted by Gasteiger charge is -2.34. The lowest BCUT2D eigenvalue weighted by atomic mass is 10.2. The molecule has 35 heavy (non-hydrogen) atoms. The zero-order chi connectivity index (χ0) is 24.9. The second kappa shape index (κ2) is 10.6. The first kappa shape index (κ1) is 24.3. The van der Waals surface area contributed by atoms with Gasteiger partial charge in [0.15, 0.2) is 0 Å². The number of halogens is 2. The first-order valence-corrected chi connectivity index (χ1v) is 11.4. The van der Waals surface area contributed by atoms with Gasteiger partial charge in [-0.1, -0.05) is 18.7 Å². The van der Waals surface area contributed by atoms with E-state index < -0.39 is 17.7 Å². The first-order valence-electron chi connectivity index (χ1n) is 11.4. The van der Waals surface area contributed by atoms with E-state index in [1.165, 1.54) is 0 Å². The predicted octanol–water partition coefficient (Wildman–Crippen LogP) is 4.45. The van der Waals surface area contributed by atoms with Gasteiger partial charge in [-0.05, 0) is 43.3 Å². The third kappa shape index (κ3) is 5.13. The Balaban J connectivity index is 1.70. The maximum atomic E-state index is 14.5. The number of amides is 2. The molecule has 1 fully saturated rings. The molecule has 9 heteroatoms. The molecule has 0 unspecified atom stereocenters. The van der Waals surface area contributed by atoms with E-state index in [0.29, 0.717) is 48.5 Å². The number of hydrogen-bond donors (Lipinski definition) is 0. The second-order valence-corrected chi connectivity index (χ2v) is 8.12. The summed E-state index contributed by atoms with van der Waals surface area (Å²) in [5, 5.41) is 0.680. The predicted molar refractivity (Wildman–Crippen MR) is 128 cm³/mol. The Kier molecular flexibility index (Phi) is 7.33. The molecule has 4 rings (SSSR count). The van der Waals surface area contributed by atoms with Crippen LogP contribution in [0.4, 0.5) is 13.6 Å². The molecule has 1 aromatic heterocycles. The zero-order valence-corrected chi connectivity index (χ0v) is 19.5. The van der Waals surface area contributed by atoms with Crippen molar-refractivity contribution in [3.8, 4) is 5.75 Å². The van der Waals surface area contributed by atoms with Crippen LogP contribution in [-0.4, -0.2) is 65.8 Å². The summed E-state index contributed by atoms with van der Waals surface area (Å²) >= 11 is 0. The number of aromatic nitrogens is 1. The minimum absolute atomic E-state index is 0.0398. The molecule has 0 N–H and O–H groups in total. The van der Waals surface area contributed by atoms with E-state index in [0.717, 1.165) is 18.2 Å². The molecule has 0 saturated carbocycles. The fraction of sp³-hybridized carbons (Fsp3) is 0.308. The molecule has 184 valence electrons. The number of piperazine rings is 1. The summed E-state index contributed by atoms with van der Waals surface area (Å²) < 4.78 is 40.9. The molecular weight excluding hydrogens is 456 g/mol. The van der Waals surface area contributed by atoms with Crippen molar-refractivity contribution in [2.75, 3.05) is 39.4 Å². The first-order chi connectivity index (χ1) is 16.9. The van der Waals surface area contributed by atoms with Crippen molar-refractivity contribution in [2.24, 2.45) is 0 Å². The number of ether oxygens (including phenoxy) is 2. The fourth-order valence-corrected chi connectivity index (χ4v) is 4.18. The molecule has 2 heterocycles. The van der Waals surface area contributed by atoms with Crippen LogP contribution in [0.25, 0.3) is 10.9 Å². The molecular formula is C26H27F2N3O4. The number of nitrogens with zero attached hydrogens (tertiary/aromatic N) is 3. The number of rotatable bonds is 7. The monoisotopic (exact) mass is 483 g/mol. The molecule has 0 radical (unpaired) electrons. The average molecular weight is 484 g/mol. The van der Waals surface area contributed by atoms with Gasteiger partial charge in [-0.15, -0.1) is 0 Å². The van der Waals surface area contributed by atoms with Crippen molar-refractivity contribution in [3.05, 3.63) is 78.0 Å². The molecule has 3 aromatic rings. The van der Waals surface area contributed by atoms with E-state index in [-0.39, 0.29) is 31.2 Å². The zero-order valence-electron chi connectivity index (χ0n) is 19.5. The van der Waals surface area contributed by atoms with Crippen LogP contribution in [0.5, 0.6) is 5.75 Å². The number of carbonyl (C=O) groups excluding carboxylic acids is 2. The van der Waals surface area contributed by atoms with E-state index in [1.54, 1.807) is 45.6 Å². The van der Waals surface area contributed by atoms with Crippen molar-refractivity contribution in [2.45, 2.75) is 13.5 Å². The molecule has 2 aromatic carbocycles. The minimum Gasteiger partial charge on any atom is -0.489 e. The largest absolute Gasteiger partial charge is 0.489 e. The van der Waals surface area contributed by atoms with Crippen LogP contribution in [0.1, 0.15) is 23.0 Å². The third-order valence-corrected chi connectivity index (χ3v) is 5.91. The fourth-order valence-electron chi connectivity index (χ4n) is 4.18. The highest BCUT2D eigenvalue weighted by atomic mass is 19.1. The molecule has 0 atom stereocenters. The van der Waals surface area contributed by atoms with E-state index in [9.17, 15) is 18.4 Å². The van der Waals surface area contributed by atoms with Gasteiger partial charge in [0.1, 0.15) is 29.7 Å². The van der Waals surface area contributed by atoms with Crippen molar-refractivity contribution in [1.82, 2.24) is 14.4 Å². The molecule has 1 aliphatic heterocycles. The van der Waals surface area contributed by atoms with Gasteiger partial charge in [0.2, 0.25) is 0 Å². The highest BCUT2D eigenvalue weighted by Gasteiger charge is 2.28. The van der Waals surface area contributed by atoms with E-state index in [1.807, 2.05) is 6.07 Å². The van der Waals surface area contributed by atoms with Gasteiger partial charge >= 0.3 is 6.09 Å². The molecule has 7 nitrogen and oxygen atoms in total. The molecule has 0 spiro atoms. The Morgan fingerprint density at radius 3 is 2.51 bits per heavy atom. The van der Waals surface area contributed by atoms with Gasteiger partial charge in [0, 0.05) is 37.1 Å². The lowest BCUT2D eigenvalue weighted by Crippen LogP contribution is -2.51. The SMILES string of the molecule is C=CCOc1cccc2c1cc(C(=O)N1CCN(C(=O)OCC)CC1)n2Cc1cc(F)ccc1F. The summed E-state index contributed by atoms with van der Waals surface area (Å²) in [6.45, 7) is 7.27. The lowest BCUT2D eigenvalue weighted by molar-refractivity contribution is 0.0563. The summed E-state index contributed by atoms with van der Waals surface area (Å²) in [5.41, 5.74) is 1.10. The van der Waals surface area contributed by atoms with Gasteiger partial charge in [0.05, 0.1) is 18.7 Å². The number of carbonyl (C=O) groups is 2. The van der Waals surface area contributed by atoms with Crippen molar-refractivity contribution in [1.29, 1.82) is 0 Å². The quantitative estimate of drug-likeness (QED) is 0.466. The molecule has 1 aliphatic rings. The Morgan fingerprint density at radius 1 is 1.06 bits per heavy atom. The van der Waals surface area contributed by atoms with Crippen molar-refractivity contribution >= 4 is 22.9 Å². The maximum absolute atomic E-state index is 14.5. The topological polar surface area (TPSA) is 64.0 Å². The van der Waals surface area contributed by atoms with Crippen LogP contribution in [0.2, 0.25) is 0 Å². The highest BCUT2D eigenvalue weighted by molar-refractivity contribution is 6.00. The number of fused-ring (bicyclic) bond motifs is 1. The van der Waals surface area contributed by atoms with Gasteiger partial charge in [-0.3, -0.25) is 4.79 Å². The van der Waals surface area contributed by atoms with Gasteiger partial charge in [0.25, 0.3) is 5.91 Å². The van der Waals surface area contributed by atoms with E-state index in [4.69, 9.17) is 9.47 Å². The summed E-state index contributed by atoms with van der Waals surface area (Å²) in [7, 11) is 0. The summed E-state index contributed by atoms with van der Waals surface area (Å²) in [4.78, 5) is 28.8. The van der Waals surface area contributed by atoms with Crippen molar-refractivity contribution < 1.29 is 27.8 Å². The van der Waals surface area contributed by atoms with Crippen molar-refractivity contribution in [3.63, 3.8) is 0 Å². The Bertz CT molecular complexity index is 1250. The Hall–Kier alpha value is -3.88. The van der Waals surface area contributed by atoms with Gasteiger partial charge in [-0.25, -0.2) is 13.6 Å². The van der Waals surface area contributed by atoms with Crippen LogP contribution < -0.4 is 4.74 Å². The summed E-state index contributed by atoms with van der Waals surface area (Å²) in [6, 6.07) is 10.4. The molecule has 1 saturated heterocycles. The van der Waals surface area contributed by atoms with E-state index >= 15 is 0 Å². The Labute approximate surface area is 202 Å². The van der Waals surface area contributed by atoms with Crippen LogP contribution in [0.15, 0.2) is 55.1 Å². The number of benzene rings is 2. The molecule has 0 bridgehead atoms. The van der Waals surface area contributed by atoms with Crippen LogP contribution in [-0.2, 0) is 11.3 Å². The maximum Gasteiger partial charge on any atom is 0.409 e. The second-order valence-electron chi connectivity index (χ2n) is 8.12. The van der Waals surface area contributed by atoms with E-state index in [2.05, 4.69) is 6.58 Å². The van der Waals surface area contributed by atoms with Crippen LogP contribution in [0, 0.1) is 11.6 Å². The summed E-state index contributed by atoms with van der Waals surface area (Å²) in [5.74, 6) is -0.831. The van der Waals surface area contributed by atoms with Gasteiger partial charge < -0.3 is 23.8 Å². The normalized spacial score (nSPS) is 13.7. The average Bonchev–Trinajstić information content (AvgIpc) is 3.23. The molecule has 2 amide bonds. The Morgan fingerprint density at radius 2 is 1.80 bits per heavy atom. The van der Waals surface area contributed by atoms with Crippen LogP contribution in [0.3, 0.4) is 0 Å².